The van der Waals surface area contributed by atoms with E-state index in [1.165, 1.54) is 0 Å². The zero-order valence-electron chi connectivity index (χ0n) is 8.26. The molecule has 0 radical (unpaired) electrons. The average molecular weight is 277 g/mol. The van der Waals surface area contributed by atoms with Gasteiger partial charge in [0.05, 0.1) is 4.47 Å². The summed E-state index contributed by atoms with van der Waals surface area (Å²) in [7, 11) is 1.64. The Balaban J connectivity index is 3.07. The molecule has 5 heteroatoms. The van der Waals surface area contributed by atoms with Crippen LogP contribution in [0.3, 0.4) is 0 Å². The third-order valence-electron chi connectivity index (χ3n) is 1.77. The molecule has 1 heterocycles. The third-order valence-corrected chi connectivity index (χ3v) is 3.18. The lowest BCUT2D eigenvalue weighted by Crippen LogP contribution is -2.02. The highest BCUT2D eigenvalue weighted by Crippen LogP contribution is 2.17. The van der Waals surface area contributed by atoms with Gasteiger partial charge in [0, 0.05) is 12.8 Å². The van der Waals surface area contributed by atoms with E-state index in [4.69, 9.17) is 17.0 Å². The summed E-state index contributed by atoms with van der Waals surface area (Å²) < 4.78 is 6.49. The lowest BCUT2D eigenvalue weighted by molar-refractivity contribution is 0.177. The number of hydrogen-bond donors (Lipinski definition) is 1. The van der Waals surface area contributed by atoms with Gasteiger partial charge in [-0.3, -0.25) is 0 Å². The van der Waals surface area contributed by atoms with Gasteiger partial charge in [0.25, 0.3) is 0 Å². The fourth-order valence-electron chi connectivity index (χ4n) is 1.19. The molecule has 0 aliphatic carbocycles. The second-order valence-corrected chi connectivity index (χ2v) is 4.14. The van der Waals surface area contributed by atoms with Crippen LogP contribution in [-0.2, 0) is 17.8 Å². The van der Waals surface area contributed by atoms with Crippen molar-refractivity contribution in [2.24, 2.45) is 0 Å². The van der Waals surface area contributed by atoms with Gasteiger partial charge in [-0.1, -0.05) is 25.6 Å². The fourth-order valence-corrected chi connectivity index (χ4v) is 1.80. The average Bonchev–Trinajstić information content (AvgIpc) is 2.14. The molecule has 0 saturated heterocycles. The van der Waals surface area contributed by atoms with Gasteiger partial charge in [-0.2, -0.15) is 0 Å². The molecular formula is C9H13BrN2OS. The summed E-state index contributed by atoms with van der Waals surface area (Å²) in [5, 5.41) is 0. The quantitative estimate of drug-likeness (QED) is 0.860. The topological polar surface area (TPSA) is 37.9 Å². The van der Waals surface area contributed by atoms with Gasteiger partial charge in [0.15, 0.2) is 0 Å². The maximum Gasteiger partial charge on any atom is 0.144 e. The summed E-state index contributed by atoms with van der Waals surface area (Å²) in [5.41, 5.74) is 1.10. The second-order valence-electron chi connectivity index (χ2n) is 2.96. The van der Waals surface area contributed by atoms with E-state index < -0.39 is 0 Å². The van der Waals surface area contributed by atoms with Crippen LogP contribution >= 0.6 is 28.1 Å². The van der Waals surface area contributed by atoms with E-state index in [9.17, 15) is 0 Å². The minimum atomic E-state index is 0.466. The van der Waals surface area contributed by atoms with Crippen LogP contribution in [0.2, 0.25) is 0 Å². The summed E-state index contributed by atoms with van der Waals surface area (Å²) in [5.74, 6) is 0.782. The van der Waals surface area contributed by atoms with Crippen LogP contribution in [0.1, 0.15) is 24.9 Å². The molecule has 0 aromatic carbocycles. The van der Waals surface area contributed by atoms with Gasteiger partial charge in [-0.05, 0) is 22.4 Å². The van der Waals surface area contributed by atoms with Crippen molar-refractivity contribution in [1.82, 2.24) is 9.97 Å². The normalized spacial score (nSPS) is 10.5. The van der Waals surface area contributed by atoms with Crippen LogP contribution in [0.25, 0.3) is 0 Å². The summed E-state index contributed by atoms with van der Waals surface area (Å²) in [6, 6.07) is 0. The van der Waals surface area contributed by atoms with Crippen LogP contribution in [0.5, 0.6) is 0 Å². The molecule has 1 rings (SSSR count). The number of aryl methyl sites for hydroxylation is 1. The van der Waals surface area contributed by atoms with E-state index in [1.807, 2.05) is 0 Å². The first-order chi connectivity index (χ1) is 6.69. The highest BCUT2D eigenvalue weighted by atomic mass is 79.9. The zero-order chi connectivity index (χ0) is 10.6. The van der Waals surface area contributed by atoms with Gasteiger partial charge in [-0.25, -0.2) is 4.98 Å². The van der Waals surface area contributed by atoms with Crippen molar-refractivity contribution in [3.05, 3.63) is 20.6 Å². The molecule has 3 nitrogen and oxygen atoms in total. The van der Waals surface area contributed by atoms with E-state index in [0.717, 1.165) is 28.8 Å². The number of rotatable bonds is 4. The Hall–Kier alpha value is -0.260. The number of H-pyrrole nitrogens is 1. The molecule has 0 fully saturated rings. The van der Waals surface area contributed by atoms with Gasteiger partial charge in [-0.15, -0.1) is 0 Å². The molecular weight excluding hydrogens is 264 g/mol. The zero-order valence-corrected chi connectivity index (χ0v) is 10.7. The Morgan fingerprint density at radius 2 is 2.29 bits per heavy atom. The molecule has 1 N–H and O–H groups in total. The maximum absolute atomic E-state index is 5.12. The molecule has 78 valence electrons. The van der Waals surface area contributed by atoms with Crippen LogP contribution in [0.15, 0.2) is 4.47 Å². The first-order valence-corrected chi connectivity index (χ1v) is 5.65. The summed E-state index contributed by atoms with van der Waals surface area (Å²) >= 11 is 8.55. The third kappa shape index (κ3) is 2.87. The summed E-state index contributed by atoms with van der Waals surface area (Å²) in [6.45, 7) is 2.59. The molecule has 0 aliphatic heterocycles. The Kier molecular flexibility index (Phi) is 4.71. The van der Waals surface area contributed by atoms with Crippen LogP contribution in [0, 0.1) is 4.64 Å². The number of aromatic amines is 1. The molecule has 1 aromatic rings. The number of ether oxygens (including phenoxy) is 1. The van der Waals surface area contributed by atoms with Crippen molar-refractivity contribution in [2.45, 2.75) is 26.4 Å². The predicted molar refractivity (Wildman–Crippen MR) is 61.8 cm³/mol. The summed E-state index contributed by atoms with van der Waals surface area (Å²) in [4.78, 5) is 7.40. The Labute approximate surface area is 97.0 Å². The van der Waals surface area contributed by atoms with Crippen LogP contribution < -0.4 is 0 Å². The summed E-state index contributed by atoms with van der Waals surface area (Å²) in [6.07, 6.45) is 2.03. The van der Waals surface area contributed by atoms with E-state index in [2.05, 4.69) is 32.8 Å². The van der Waals surface area contributed by atoms with Crippen molar-refractivity contribution in [3.63, 3.8) is 0 Å². The van der Waals surface area contributed by atoms with Crippen LogP contribution in [0.4, 0.5) is 0 Å². The minimum Gasteiger partial charge on any atom is -0.377 e. The number of nitrogens with one attached hydrogen (secondary N) is 1. The van der Waals surface area contributed by atoms with Crippen molar-refractivity contribution in [1.29, 1.82) is 0 Å². The van der Waals surface area contributed by atoms with Gasteiger partial charge >= 0.3 is 0 Å². The first-order valence-electron chi connectivity index (χ1n) is 4.45. The standard InChI is InChI=1S/C9H13BrN2OS/c1-3-4-6-8(10)9(14)12-7(11-6)5-13-2/h3-5H2,1-2H3,(H,11,12,14). The number of halogens is 1. The molecule has 0 aliphatic rings. The number of nitrogens with zero attached hydrogens (tertiary/aromatic N) is 1. The fraction of sp³-hybridized carbons (Fsp3) is 0.556. The van der Waals surface area contributed by atoms with Gasteiger partial charge in [0.1, 0.15) is 17.1 Å². The number of methoxy groups -OCH3 is 1. The van der Waals surface area contributed by atoms with Gasteiger partial charge in [0.2, 0.25) is 0 Å². The second kappa shape index (κ2) is 5.58. The Morgan fingerprint density at radius 3 is 2.86 bits per heavy atom. The smallest absolute Gasteiger partial charge is 0.144 e. The van der Waals surface area contributed by atoms with Crippen molar-refractivity contribution >= 4 is 28.1 Å². The molecule has 0 spiro atoms. The van der Waals surface area contributed by atoms with E-state index >= 15 is 0 Å². The number of hydrogen-bond acceptors (Lipinski definition) is 3. The SMILES string of the molecule is CCCc1[nH]c(COC)nc(=S)c1Br. The van der Waals surface area contributed by atoms with E-state index in [-0.39, 0.29) is 0 Å². The Morgan fingerprint density at radius 1 is 1.57 bits per heavy atom. The molecule has 0 saturated carbocycles. The van der Waals surface area contributed by atoms with E-state index in [1.54, 1.807) is 7.11 Å². The van der Waals surface area contributed by atoms with E-state index in [0.29, 0.717) is 11.2 Å². The lowest BCUT2D eigenvalue weighted by Gasteiger charge is -2.06. The van der Waals surface area contributed by atoms with Crippen molar-refractivity contribution in [2.75, 3.05) is 7.11 Å². The maximum atomic E-state index is 5.12. The lowest BCUT2D eigenvalue weighted by atomic mass is 10.2. The first kappa shape index (κ1) is 11.8. The predicted octanol–water partition coefficient (Wildman–Crippen LogP) is 3.00. The van der Waals surface area contributed by atoms with Crippen molar-refractivity contribution < 1.29 is 4.74 Å². The number of aromatic nitrogens is 2. The molecule has 0 amide bonds. The molecule has 0 atom stereocenters. The molecule has 0 unspecified atom stereocenters. The minimum absolute atomic E-state index is 0.466. The van der Waals surface area contributed by atoms with Crippen molar-refractivity contribution in [3.8, 4) is 0 Å². The monoisotopic (exact) mass is 276 g/mol. The highest BCUT2D eigenvalue weighted by molar-refractivity contribution is 9.10. The Bertz CT molecular complexity index is 364. The highest BCUT2D eigenvalue weighted by Gasteiger charge is 2.04. The van der Waals surface area contributed by atoms with Gasteiger partial charge < -0.3 is 9.72 Å². The largest absolute Gasteiger partial charge is 0.377 e. The molecule has 14 heavy (non-hydrogen) atoms. The molecule has 1 aromatic heterocycles. The molecule has 0 bridgehead atoms. The van der Waals surface area contributed by atoms with Crippen LogP contribution in [-0.4, -0.2) is 17.1 Å².